The fraction of sp³-hybridized carbons (Fsp3) is 0.571. The Morgan fingerprint density at radius 2 is 2.12 bits per heavy atom. The van der Waals surface area contributed by atoms with E-state index in [1.165, 1.54) is 16.7 Å². The SMILES string of the molecule is COC1CC(NCc2ccc3c(c2)CNC3)C1. The van der Waals surface area contributed by atoms with Crippen molar-refractivity contribution >= 4 is 0 Å². The summed E-state index contributed by atoms with van der Waals surface area (Å²) in [6, 6.07) is 7.47. The van der Waals surface area contributed by atoms with Crippen LogP contribution in [0, 0.1) is 0 Å². The molecule has 17 heavy (non-hydrogen) atoms. The van der Waals surface area contributed by atoms with Crippen molar-refractivity contribution in [3.8, 4) is 0 Å². The number of nitrogens with one attached hydrogen (secondary N) is 2. The summed E-state index contributed by atoms with van der Waals surface area (Å²) in [5.74, 6) is 0. The van der Waals surface area contributed by atoms with E-state index in [4.69, 9.17) is 4.74 Å². The van der Waals surface area contributed by atoms with Gasteiger partial charge in [0.05, 0.1) is 6.10 Å². The first-order valence-corrected chi connectivity index (χ1v) is 6.42. The van der Waals surface area contributed by atoms with Crippen LogP contribution in [0.1, 0.15) is 29.5 Å². The van der Waals surface area contributed by atoms with Crippen LogP contribution >= 0.6 is 0 Å². The van der Waals surface area contributed by atoms with Crippen LogP contribution in [0.25, 0.3) is 0 Å². The van der Waals surface area contributed by atoms with Crippen molar-refractivity contribution in [2.75, 3.05) is 7.11 Å². The molecule has 0 bridgehead atoms. The summed E-state index contributed by atoms with van der Waals surface area (Å²) in [5.41, 5.74) is 4.32. The molecule has 0 aromatic heterocycles. The van der Waals surface area contributed by atoms with E-state index >= 15 is 0 Å². The van der Waals surface area contributed by atoms with Gasteiger partial charge in [-0.15, -0.1) is 0 Å². The zero-order valence-electron chi connectivity index (χ0n) is 10.3. The van der Waals surface area contributed by atoms with Gasteiger partial charge in [-0.3, -0.25) is 0 Å². The minimum absolute atomic E-state index is 0.483. The highest BCUT2D eigenvalue weighted by Gasteiger charge is 2.28. The van der Waals surface area contributed by atoms with Gasteiger partial charge < -0.3 is 15.4 Å². The van der Waals surface area contributed by atoms with Crippen molar-refractivity contribution in [2.45, 2.75) is 44.6 Å². The van der Waals surface area contributed by atoms with E-state index in [2.05, 4.69) is 28.8 Å². The molecule has 0 atom stereocenters. The molecule has 0 saturated heterocycles. The Balaban J connectivity index is 1.52. The molecule has 92 valence electrons. The Labute approximate surface area is 103 Å². The smallest absolute Gasteiger partial charge is 0.0601 e. The molecule has 0 spiro atoms. The highest BCUT2D eigenvalue weighted by Crippen LogP contribution is 2.23. The van der Waals surface area contributed by atoms with E-state index < -0.39 is 0 Å². The molecule has 1 heterocycles. The largest absolute Gasteiger partial charge is 0.381 e. The molecule has 0 radical (unpaired) electrons. The lowest BCUT2D eigenvalue weighted by Gasteiger charge is -2.34. The molecule has 1 aliphatic carbocycles. The summed E-state index contributed by atoms with van der Waals surface area (Å²) in [5, 5.41) is 6.97. The number of rotatable bonds is 4. The van der Waals surface area contributed by atoms with Crippen LogP contribution in [0.4, 0.5) is 0 Å². The molecule has 1 fully saturated rings. The lowest BCUT2D eigenvalue weighted by Crippen LogP contribution is -2.44. The van der Waals surface area contributed by atoms with Crippen LogP contribution in [0.5, 0.6) is 0 Å². The van der Waals surface area contributed by atoms with E-state index in [9.17, 15) is 0 Å². The van der Waals surface area contributed by atoms with Gasteiger partial charge in [-0.2, -0.15) is 0 Å². The van der Waals surface area contributed by atoms with Gasteiger partial charge in [0.1, 0.15) is 0 Å². The second-order valence-electron chi connectivity index (χ2n) is 5.11. The maximum absolute atomic E-state index is 5.28. The van der Waals surface area contributed by atoms with Crippen LogP contribution in [0.15, 0.2) is 18.2 Å². The normalized spacial score (nSPS) is 26.6. The second kappa shape index (κ2) is 4.77. The van der Waals surface area contributed by atoms with Crippen LogP contribution in [-0.4, -0.2) is 19.3 Å². The molecule has 2 N–H and O–H groups in total. The molecule has 0 amide bonds. The standard InChI is InChI=1S/C14H20N2O/c1-17-14-5-13(6-14)16-7-10-2-3-11-8-15-9-12(11)4-10/h2-4,13-16H,5-9H2,1H3. The second-order valence-corrected chi connectivity index (χ2v) is 5.11. The van der Waals surface area contributed by atoms with Crippen molar-refractivity contribution in [2.24, 2.45) is 0 Å². The van der Waals surface area contributed by atoms with E-state index in [1.807, 2.05) is 0 Å². The predicted molar refractivity (Wildman–Crippen MR) is 67.6 cm³/mol. The lowest BCUT2D eigenvalue weighted by molar-refractivity contribution is 0.0170. The first-order chi connectivity index (χ1) is 8.35. The van der Waals surface area contributed by atoms with Crippen LogP contribution in [-0.2, 0) is 24.4 Å². The summed E-state index contributed by atoms with van der Waals surface area (Å²) in [6.45, 7) is 3.04. The zero-order chi connectivity index (χ0) is 11.7. The molecule has 3 nitrogen and oxygen atoms in total. The fourth-order valence-corrected chi connectivity index (χ4v) is 2.65. The number of ether oxygens (including phenoxy) is 1. The Hall–Kier alpha value is -0.900. The third-order valence-corrected chi connectivity index (χ3v) is 3.92. The van der Waals surface area contributed by atoms with Crippen LogP contribution in [0.3, 0.4) is 0 Å². The highest BCUT2D eigenvalue weighted by atomic mass is 16.5. The number of methoxy groups -OCH3 is 1. The summed E-state index contributed by atoms with van der Waals surface area (Å²) in [7, 11) is 1.80. The van der Waals surface area contributed by atoms with Crippen molar-refractivity contribution in [1.29, 1.82) is 0 Å². The maximum Gasteiger partial charge on any atom is 0.0601 e. The van der Waals surface area contributed by atoms with Gasteiger partial charge in [-0.1, -0.05) is 18.2 Å². The quantitative estimate of drug-likeness (QED) is 0.826. The highest BCUT2D eigenvalue weighted by molar-refractivity contribution is 5.34. The molecule has 0 unspecified atom stereocenters. The van der Waals surface area contributed by atoms with Crippen LogP contribution in [0.2, 0.25) is 0 Å². The summed E-state index contributed by atoms with van der Waals surface area (Å²) >= 11 is 0. The number of hydrogen-bond acceptors (Lipinski definition) is 3. The summed E-state index contributed by atoms with van der Waals surface area (Å²) < 4.78 is 5.28. The number of hydrogen-bond donors (Lipinski definition) is 2. The van der Waals surface area contributed by atoms with Gasteiger partial charge in [0, 0.05) is 32.8 Å². The van der Waals surface area contributed by atoms with E-state index in [0.29, 0.717) is 12.1 Å². The summed E-state index contributed by atoms with van der Waals surface area (Å²) in [6.07, 6.45) is 2.79. The molecule has 3 heteroatoms. The minimum Gasteiger partial charge on any atom is -0.381 e. The maximum atomic E-state index is 5.28. The molecule has 1 aliphatic heterocycles. The number of fused-ring (bicyclic) bond motifs is 1. The average molecular weight is 232 g/mol. The zero-order valence-corrected chi connectivity index (χ0v) is 10.3. The Morgan fingerprint density at radius 3 is 2.94 bits per heavy atom. The van der Waals surface area contributed by atoms with Gasteiger partial charge in [0.2, 0.25) is 0 Å². The van der Waals surface area contributed by atoms with Crippen molar-refractivity contribution < 1.29 is 4.74 Å². The van der Waals surface area contributed by atoms with Gasteiger partial charge in [0.15, 0.2) is 0 Å². The third kappa shape index (κ3) is 2.37. The molecule has 1 saturated carbocycles. The van der Waals surface area contributed by atoms with Crippen molar-refractivity contribution in [3.05, 3.63) is 34.9 Å². The average Bonchev–Trinajstić information content (AvgIpc) is 2.74. The third-order valence-electron chi connectivity index (χ3n) is 3.92. The summed E-state index contributed by atoms with van der Waals surface area (Å²) in [4.78, 5) is 0. The van der Waals surface area contributed by atoms with E-state index in [0.717, 1.165) is 32.5 Å². The fourth-order valence-electron chi connectivity index (χ4n) is 2.65. The van der Waals surface area contributed by atoms with Gasteiger partial charge in [-0.05, 0) is 29.5 Å². The first-order valence-electron chi connectivity index (χ1n) is 6.42. The first kappa shape index (κ1) is 11.2. The number of benzene rings is 1. The van der Waals surface area contributed by atoms with Crippen LogP contribution < -0.4 is 10.6 Å². The van der Waals surface area contributed by atoms with E-state index in [1.54, 1.807) is 7.11 Å². The van der Waals surface area contributed by atoms with E-state index in [-0.39, 0.29) is 0 Å². The van der Waals surface area contributed by atoms with Gasteiger partial charge >= 0.3 is 0 Å². The monoisotopic (exact) mass is 232 g/mol. The van der Waals surface area contributed by atoms with Gasteiger partial charge in [0.25, 0.3) is 0 Å². The van der Waals surface area contributed by atoms with Crippen molar-refractivity contribution in [3.63, 3.8) is 0 Å². The molecular formula is C14H20N2O. The Kier molecular flexibility index (Phi) is 3.14. The predicted octanol–water partition coefficient (Wildman–Crippen LogP) is 1.56. The molecule has 3 rings (SSSR count). The lowest BCUT2D eigenvalue weighted by atomic mass is 9.89. The molecular weight excluding hydrogens is 212 g/mol. The molecule has 1 aromatic rings. The topological polar surface area (TPSA) is 33.3 Å². The van der Waals surface area contributed by atoms with Gasteiger partial charge in [-0.25, -0.2) is 0 Å². The van der Waals surface area contributed by atoms with Crippen molar-refractivity contribution in [1.82, 2.24) is 10.6 Å². The molecule has 1 aromatic carbocycles. The minimum atomic E-state index is 0.483. The Bertz CT molecular complexity index is 399. The molecule has 2 aliphatic rings. The Morgan fingerprint density at radius 1 is 1.29 bits per heavy atom.